The van der Waals surface area contributed by atoms with Gasteiger partial charge in [-0.15, -0.1) is 0 Å². The molecule has 3 rings (SSSR count). The highest BCUT2D eigenvalue weighted by atomic mass is 35.5. The molecule has 2 aromatic rings. The predicted octanol–water partition coefficient (Wildman–Crippen LogP) is 4.90. The first-order valence-electron chi connectivity index (χ1n) is 7.93. The molecule has 1 amide bonds. The molecule has 26 heavy (non-hydrogen) atoms. The first kappa shape index (κ1) is 18.3. The number of amides is 1. The molecule has 134 valence electrons. The van der Waals surface area contributed by atoms with Crippen molar-refractivity contribution >= 4 is 46.6 Å². The van der Waals surface area contributed by atoms with Crippen molar-refractivity contribution in [3.05, 3.63) is 57.6 Å². The van der Waals surface area contributed by atoms with Crippen LogP contribution in [0.1, 0.15) is 19.4 Å². The third-order valence-electron chi connectivity index (χ3n) is 3.80. The number of carbonyl (C=O) groups excluding carboxylic acids is 1. The normalized spacial score (nSPS) is 15.5. The molecule has 0 saturated heterocycles. The minimum absolute atomic E-state index is 0.124. The largest absolute Gasteiger partial charge is 0.503 e. The lowest BCUT2D eigenvalue weighted by Gasteiger charge is -2.12. The second-order valence-corrected chi connectivity index (χ2v) is 6.46. The number of halogens is 2. The summed E-state index contributed by atoms with van der Waals surface area (Å²) in [7, 11) is 0. The van der Waals surface area contributed by atoms with E-state index in [9.17, 15) is 9.90 Å². The van der Waals surface area contributed by atoms with Crippen LogP contribution in [0.5, 0.6) is 11.5 Å². The van der Waals surface area contributed by atoms with E-state index in [2.05, 4.69) is 5.10 Å². The fraction of sp³-hybridized carbons (Fsp3) is 0.158. The van der Waals surface area contributed by atoms with Crippen molar-refractivity contribution in [3.63, 3.8) is 0 Å². The van der Waals surface area contributed by atoms with Gasteiger partial charge in [0.05, 0.1) is 28.6 Å². The third-order valence-corrected chi connectivity index (χ3v) is 4.34. The molecule has 5 nitrogen and oxygen atoms in total. The van der Waals surface area contributed by atoms with Crippen molar-refractivity contribution in [2.45, 2.75) is 13.8 Å². The van der Waals surface area contributed by atoms with E-state index in [1.54, 1.807) is 56.3 Å². The highest BCUT2D eigenvalue weighted by Crippen LogP contribution is 2.36. The van der Waals surface area contributed by atoms with Gasteiger partial charge in [-0.2, -0.15) is 10.1 Å². The van der Waals surface area contributed by atoms with Crippen LogP contribution in [0.3, 0.4) is 0 Å². The monoisotopic (exact) mass is 390 g/mol. The van der Waals surface area contributed by atoms with Gasteiger partial charge in [0.15, 0.2) is 11.5 Å². The number of phenolic OH excluding ortho intramolecular Hbond substituents is 1. The van der Waals surface area contributed by atoms with E-state index in [1.165, 1.54) is 5.01 Å². The number of phenols is 1. The van der Waals surface area contributed by atoms with Crippen LogP contribution in [-0.2, 0) is 4.79 Å². The van der Waals surface area contributed by atoms with E-state index in [4.69, 9.17) is 27.9 Å². The Kier molecular flexibility index (Phi) is 5.20. The number of benzene rings is 2. The molecule has 1 N–H and O–H groups in total. The lowest BCUT2D eigenvalue weighted by molar-refractivity contribution is -0.114. The van der Waals surface area contributed by atoms with Crippen LogP contribution in [0, 0.1) is 0 Å². The summed E-state index contributed by atoms with van der Waals surface area (Å²) in [5, 5.41) is 16.3. The molecule has 0 aromatic heterocycles. The molecular formula is C19H16Cl2N2O3. The van der Waals surface area contributed by atoms with Gasteiger partial charge < -0.3 is 9.84 Å². The van der Waals surface area contributed by atoms with Gasteiger partial charge in [-0.25, -0.2) is 0 Å². The smallest absolute Gasteiger partial charge is 0.280 e. The highest BCUT2D eigenvalue weighted by Gasteiger charge is 2.28. The van der Waals surface area contributed by atoms with Crippen molar-refractivity contribution in [1.82, 2.24) is 0 Å². The van der Waals surface area contributed by atoms with Crippen LogP contribution in [-0.4, -0.2) is 23.3 Å². The highest BCUT2D eigenvalue weighted by molar-refractivity contribution is 6.34. The molecule has 7 heteroatoms. The number of ether oxygens (including phenoxy) is 1. The molecule has 0 spiro atoms. The lowest BCUT2D eigenvalue weighted by atomic mass is 10.1. The number of anilines is 1. The standard InChI is InChI=1S/C19H16Cl2N2O3/c1-3-26-17-10-12(9-16(21)18(17)24)8-15-11(2)22-23(19(15)25)14-6-4-13(20)5-7-14/h4-10,24H,3H2,1-2H3/b15-8+. The Balaban J connectivity index is 1.96. The maximum Gasteiger partial charge on any atom is 0.280 e. The van der Waals surface area contributed by atoms with E-state index in [0.29, 0.717) is 34.2 Å². The Morgan fingerprint density at radius 1 is 1.23 bits per heavy atom. The van der Waals surface area contributed by atoms with Crippen LogP contribution in [0.15, 0.2) is 47.1 Å². The van der Waals surface area contributed by atoms with Crippen molar-refractivity contribution < 1.29 is 14.6 Å². The predicted molar refractivity (Wildman–Crippen MR) is 104 cm³/mol. The van der Waals surface area contributed by atoms with Crippen molar-refractivity contribution in [2.24, 2.45) is 5.10 Å². The van der Waals surface area contributed by atoms with Gasteiger partial charge in [-0.05, 0) is 61.9 Å². The van der Waals surface area contributed by atoms with Gasteiger partial charge in [0.1, 0.15) is 0 Å². The first-order valence-corrected chi connectivity index (χ1v) is 8.69. The van der Waals surface area contributed by atoms with Crippen LogP contribution in [0.25, 0.3) is 6.08 Å². The molecule has 0 radical (unpaired) electrons. The zero-order valence-corrected chi connectivity index (χ0v) is 15.7. The van der Waals surface area contributed by atoms with E-state index < -0.39 is 0 Å². The maximum absolute atomic E-state index is 12.8. The zero-order chi connectivity index (χ0) is 18.8. The van der Waals surface area contributed by atoms with E-state index in [1.807, 2.05) is 0 Å². The van der Waals surface area contributed by atoms with E-state index in [0.717, 1.165) is 0 Å². The molecule has 1 aliphatic heterocycles. The molecule has 0 bridgehead atoms. The fourth-order valence-electron chi connectivity index (χ4n) is 2.55. The average molecular weight is 391 g/mol. The summed E-state index contributed by atoms with van der Waals surface area (Å²) < 4.78 is 5.38. The molecular weight excluding hydrogens is 375 g/mol. The van der Waals surface area contributed by atoms with Gasteiger partial charge in [0, 0.05) is 5.02 Å². The number of aromatic hydroxyl groups is 1. The zero-order valence-electron chi connectivity index (χ0n) is 14.2. The minimum atomic E-state index is -0.257. The van der Waals surface area contributed by atoms with Crippen LogP contribution >= 0.6 is 23.2 Å². The van der Waals surface area contributed by atoms with Gasteiger partial charge in [-0.3, -0.25) is 4.79 Å². The Morgan fingerprint density at radius 2 is 1.92 bits per heavy atom. The van der Waals surface area contributed by atoms with Crippen LogP contribution < -0.4 is 9.75 Å². The van der Waals surface area contributed by atoms with Crippen molar-refractivity contribution in [1.29, 1.82) is 0 Å². The van der Waals surface area contributed by atoms with Gasteiger partial charge in [-0.1, -0.05) is 23.2 Å². The first-order chi connectivity index (χ1) is 12.4. The Morgan fingerprint density at radius 3 is 2.58 bits per heavy atom. The van der Waals surface area contributed by atoms with E-state index in [-0.39, 0.29) is 22.4 Å². The number of hydrogen-bond acceptors (Lipinski definition) is 4. The summed E-state index contributed by atoms with van der Waals surface area (Å²) >= 11 is 11.9. The van der Waals surface area contributed by atoms with Gasteiger partial charge in [0.2, 0.25) is 0 Å². The summed E-state index contributed by atoms with van der Waals surface area (Å²) in [6, 6.07) is 10.0. The SMILES string of the molecule is CCOc1cc(/C=C2/C(=O)N(c3ccc(Cl)cc3)N=C2C)cc(Cl)c1O. The summed E-state index contributed by atoms with van der Waals surface area (Å²) in [5.41, 5.74) is 2.27. The van der Waals surface area contributed by atoms with Crippen LogP contribution in [0.4, 0.5) is 5.69 Å². The summed E-state index contributed by atoms with van der Waals surface area (Å²) in [6.45, 7) is 3.94. The number of hydrogen-bond donors (Lipinski definition) is 1. The average Bonchev–Trinajstić information content (AvgIpc) is 2.88. The topological polar surface area (TPSA) is 62.1 Å². The Bertz CT molecular complexity index is 921. The molecule has 0 saturated carbocycles. The molecule has 1 heterocycles. The second kappa shape index (κ2) is 7.40. The molecule has 2 aromatic carbocycles. The fourth-order valence-corrected chi connectivity index (χ4v) is 2.90. The number of hydrazone groups is 1. The molecule has 0 atom stereocenters. The number of nitrogens with zero attached hydrogens (tertiary/aromatic N) is 2. The minimum Gasteiger partial charge on any atom is -0.503 e. The molecule has 0 unspecified atom stereocenters. The summed E-state index contributed by atoms with van der Waals surface area (Å²) in [6.07, 6.45) is 1.67. The lowest BCUT2D eigenvalue weighted by Crippen LogP contribution is -2.21. The molecule has 1 aliphatic rings. The molecule has 0 aliphatic carbocycles. The Hall–Kier alpha value is -2.50. The summed E-state index contributed by atoms with van der Waals surface area (Å²) in [5.74, 6) is -0.116. The van der Waals surface area contributed by atoms with Gasteiger partial charge >= 0.3 is 0 Å². The second-order valence-electron chi connectivity index (χ2n) is 5.62. The van der Waals surface area contributed by atoms with Crippen molar-refractivity contribution in [2.75, 3.05) is 11.6 Å². The van der Waals surface area contributed by atoms with E-state index >= 15 is 0 Å². The maximum atomic E-state index is 12.8. The van der Waals surface area contributed by atoms with Gasteiger partial charge in [0.25, 0.3) is 5.91 Å². The summed E-state index contributed by atoms with van der Waals surface area (Å²) in [4.78, 5) is 12.8. The Labute approximate surface area is 161 Å². The third kappa shape index (κ3) is 3.54. The van der Waals surface area contributed by atoms with Crippen LogP contribution in [0.2, 0.25) is 10.0 Å². The number of carbonyl (C=O) groups is 1. The van der Waals surface area contributed by atoms with Crippen molar-refractivity contribution in [3.8, 4) is 11.5 Å². The quantitative estimate of drug-likeness (QED) is 0.754. The number of rotatable bonds is 4. The molecule has 0 fully saturated rings.